The summed E-state index contributed by atoms with van der Waals surface area (Å²) in [7, 11) is 1.79. The highest BCUT2D eigenvalue weighted by atomic mass is 32.2. The van der Waals surface area contributed by atoms with Crippen LogP contribution >= 0.6 is 0 Å². The minimum atomic E-state index is -4.15. The van der Waals surface area contributed by atoms with E-state index in [2.05, 4.69) is 10.5 Å². The molecule has 0 unspecified atom stereocenters. The van der Waals surface area contributed by atoms with Gasteiger partial charge in [0, 0.05) is 11.6 Å². The number of nitrogens with one attached hydrogen (secondary N) is 1. The molecule has 190 valence electrons. The Morgan fingerprint density at radius 1 is 0.861 bits per heavy atom. The van der Waals surface area contributed by atoms with E-state index >= 15 is 0 Å². The van der Waals surface area contributed by atoms with Crippen LogP contribution in [0.15, 0.2) is 76.7 Å². The summed E-state index contributed by atoms with van der Waals surface area (Å²) in [4.78, 5) is 12.8. The average Bonchev–Trinajstić information content (AvgIpc) is 2.91. The molecular formula is C25H27N3O7S. The topological polar surface area (TPSA) is 116 Å². The van der Waals surface area contributed by atoms with Crippen molar-refractivity contribution in [2.45, 2.75) is 4.90 Å². The van der Waals surface area contributed by atoms with E-state index in [4.69, 9.17) is 18.9 Å². The lowest BCUT2D eigenvalue weighted by Gasteiger charge is -2.25. The molecule has 0 saturated heterocycles. The molecule has 0 spiro atoms. The molecule has 3 aromatic rings. The first kappa shape index (κ1) is 26.4. The standard InChI is InChI=1S/C25H27N3O7S/c1-32-19-11-13-21(14-12-19)36(30,31)28(22-7-5-6-8-23(22)34-3)17-25(29)27-26-16-18-9-10-20(33-2)15-24(18)35-4/h5-16H,17H2,1-4H3,(H,27,29)/b26-16-. The van der Waals surface area contributed by atoms with Gasteiger partial charge in [-0.2, -0.15) is 5.10 Å². The van der Waals surface area contributed by atoms with Gasteiger partial charge in [0.05, 0.1) is 45.2 Å². The minimum absolute atomic E-state index is 0.0199. The molecule has 0 aromatic heterocycles. The van der Waals surface area contributed by atoms with Crippen LogP contribution in [0.1, 0.15) is 5.56 Å². The molecule has 0 aliphatic rings. The Bertz CT molecular complexity index is 1330. The van der Waals surface area contributed by atoms with E-state index < -0.39 is 22.5 Å². The third-order valence-electron chi connectivity index (χ3n) is 5.12. The maximum atomic E-state index is 13.6. The Labute approximate surface area is 210 Å². The number of hydrogen-bond donors (Lipinski definition) is 1. The molecule has 0 bridgehead atoms. The van der Waals surface area contributed by atoms with Gasteiger partial charge in [-0.25, -0.2) is 13.8 Å². The Balaban J connectivity index is 1.88. The van der Waals surface area contributed by atoms with Crippen LogP contribution in [0.2, 0.25) is 0 Å². The quantitative estimate of drug-likeness (QED) is 0.309. The monoisotopic (exact) mass is 513 g/mol. The maximum Gasteiger partial charge on any atom is 0.264 e. The number of carbonyl (C=O) groups is 1. The zero-order valence-corrected chi connectivity index (χ0v) is 21.1. The van der Waals surface area contributed by atoms with Gasteiger partial charge >= 0.3 is 0 Å². The van der Waals surface area contributed by atoms with Crippen LogP contribution in [0, 0.1) is 0 Å². The zero-order chi connectivity index (χ0) is 26.1. The van der Waals surface area contributed by atoms with E-state index in [1.165, 1.54) is 58.9 Å². The summed E-state index contributed by atoms with van der Waals surface area (Å²) < 4.78 is 49.0. The number of benzene rings is 3. The van der Waals surface area contributed by atoms with E-state index in [9.17, 15) is 13.2 Å². The molecule has 36 heavy (non-hydrogen) atoms. The first-order valence-corrected chi connectivity index (χ1v) is 12.1. The SMILES string of the molecule is COc1ccc(S(=O)(=O)N(CC(=O)N/N=C\c2ccc(OC)cc2OC)c2ccccc2OC)cc1. The molecule has 1 amide bonds. The molecule has 3 aromatic carbocycles. The largest absolute Gasteiger partial charge is 0.497 e. The number of anilines is 1. The fourth-order valence-electron chi connectivity index (χ4n) is 3.28. The van der Waals surface area contributed by atoms with Crippen molar-refractivity contribution in [3.05, 3.63) is 72.3 Å². The van der Waals surface area contributed by atoms with Crippen LogP contribution in [-0.4, -0.2) is 55.5 Å². The van der Waals surface area contributed by atoms with Crippen LogP contribution in [-0.2, 0) is 14.8 Å². The Morgan fingerprint density at radius 3 is 2.14 bits per heavy atom. The van der Waals surface area contributed by atoms with E-state index in [0.29, 0.717) is 22.8 Å². The maximum absolute atomic E-state index is 13.6. The molecule has 0 aliphatic heterocycles. The van der Waals surface area contributed by atoms with Crippen molar-refractivity contribution in [3.63, 3.8) is 0 Å². The molecule has 0 fully saturated rings. The number of hydrazone groups is 1. The summed E-state index contributed by atoms with van der Waals surface area (Å²) in [5, 5.41) is 3.96. The number of carbonyl (C=O) groups excluding carboxylic acids is 1. The van der Waals surface area contributed by atoms with Crippen LogP contribution in [0.5, 0.6) is 23.0 Å². The van der Waals surface area contributed by atoms with Crippen LogP contribution in [0.4, 0.5) is 5.69 Å². The number of amides is 1. The molecule has 0 aliphatic carbocycles. The first-order chi connectivity index (χ1) is 17.3. The number of hydrogen-bond acceptors (Lipinski definition) is 8. The Hall–Kier alpha value is -4.25. The lowest BCUT2D eigenvalue weighted by molar-refractivity contribution is -0.119. The van der Waals surface area contributed by atoms with Gasteiger partial charge in [0.25, 0.3) is 15.9 Å². The van der Waals surface area contributed by atoms with Crippen molar-refractivity contribution in [1.82, 2.24) is 5.43 Å². The number of methoxy groups -OCH3 is 4. The van der Waals surface area contributed by atoms with Crippen LogP contribution < -0.4 is 28.7 Å². The predicted molar refractivity (Wildman–Crippen MR) is 136 cm³/mol. The third kappa shape index (κ3) is 6.05. The summed E-state index contributed by atoms with van der Waals surface area (Å²) in [5.41, 5.74) is 3.16. The molecule has 0 heterocycles. The van der Waals surface area contributed by atoms with E-state index in [-0.39, 0.29) is 16.3 Å². The highest BCUT2D eigenvalue weighted by Gasteiger charge is 2.29. The molecule has 0 atom stereocenters. The highest BCUT2D eigenvalue weighted by Crippen LogP contribution is 2.32. The predicted octanol–water partition coefficient (Wildman–Crippen LogP) is 3.07. The number of rotatable bonds is 11. The van der Waals surface area contributed by atoms with Crippen molar-refractivity contribution in [2.24, 2.45) is 5.10 Å². The minimum Gasteiger partial charge on any atom is -0.497 e. The number of para-hydroxylation sites is 2. The molecule has 11 heteroatoms. The van der Waals surface area contributed by atoms with Crippen molar-refractivity contribution < 1.29 is 32.2 Å². The summed E-state index contributed by atoms with van der Waals surface area (Å²) in [5.74, 6) is 1.21. The van der Waals surface area contributed by atoms with Gasteiger partial charge in [-0.05, 0) is 48.5 Å². The van der Waals surface area contributed by atoms with Gasteiger partial charge in [0.2, 0.25) is 0 Å². The summed E-state index contributed by atoms with van der Waals surface area (Å²) in [6.45, 7) is -0.550. The van der Waals surface area contributed by atoms with Gasteiger partial charge in [0.15, 0.2) is 0 Å². The smallest absolute Gasteiger partial charge is 0.264 e. The van der Waals surface area contributed by atoms with Gasteiger partial charge in [-0.15, -0.1) is 0 Å². The first-order valence-electron chi connectivity index (χ1n) is 10.7. The van der Waals surface area contributed by atoms with Gasteiger partial charge in [-0.3, -0.25) is 9.10 Å². The van der Waals surface area contributed by atoms with E-state index in [1.54, 1.807) is 42.5 Å². The van der Waals surface area contributed by atoms with E-state index in [0.717, 1.165) is 4.31 Å². The second-order valence-corrected chi connectivity index (χ2v) is 9.12. The summed E-state index contributed by atoms with van der Waals surface area (Å²) in [6, 6.07) is 17.5. The Kier molecular flexibility index (Phi) is 8.74. The van der Waals surface area contributed by atoms with Crippen LogP contribution in [0.25, 0.3) is 0 Å². The molecule has 3 rings (SSSR count). The van der Waals surface area contributed by atoms with Gasteiger partial charge in [-0.1, -0.05) is 12.1 Å². The number of ether oxygens (including phenoxy) is 4. The molecule has 0 radical (unpaired) electrons. The fourth-order valence-corrected chi connectivity index (χ4v) is 4.71. The second kappa shape index (κ2) is 11.9. The molecule has 0 saturated carbocycles. The second-order valence-electron chi connectivity index (χ2n) is 7.26. The third-order valence-corrected chi connectivity index (χ3v) is 6.90. The van der Waals surface area contributed by atoms with Crippen molar-refractivity contribution in [1.29, 1.82) is 0 Å². The van der Waals surface area contributed by atoms with Crippen molar-refractivity contribution in [3.8, 4) is 23.0 Å². The van der Waals surface area contributed by atoms with Gasteiger partial charge in [0.1, 0.15) is 29.5 Å². The lowest BCUT2D eigenvalue weighted by atomic mass is 10.2. The molecule has 1 N–H and O–H groups in total. The molecule has 10 nitrogen and oxygen atoms in total. The van der Waals surface area contributed by atoms with Crippen molar-refractivity contribution in [2.75, 3.05) is 39.3 Å². The van der Waals surface area contributed by atoms with E-state index in [1.807, 2.05) is 0 Å². The molecular weight excluding hydrogens is 486 g/mol. The lowest BCUT2D eigenvalue weighted by Crippen LogP contribution is -2.39. The summed E-state index contributed by atoms with van der Waals surface area (Å²) >= 11 is 0. The Morgan fingerprint density at radius 2 is 1.50 bits per heavy atom. The summed E-state index contributed by atoms with van der Waals surface area (Å²) in [6.07, 6.45) is 1.39. The number of sulfonamides is 1. The van der Waals surface area contributed by atoms with Crippen LogP contribution in [0.3, 0.4) is 0 Å². The fraction of sp³-hybridized carbons (Fsp3) is 0.200. The highest BCUT2D eigenvalue weighted by molar-refractivity contribution is 7.92. The number of nitrogens with zero attached hydrogens (tertiary/aromatic N) is 2. The zero-order valence-electron chi connectivity index (χ0n) is 20.3. The average molecular weight is 514 g/mol. The van der Waals surface area contributed by atoms with Crippen molar-refractivity contribution >= 4 is 27.8 Å². The normalized spacial score (nSPS) is 11.1. The van der Waals surface area contributed by atoms with Gasteiger partial charge < -0.3 is 18.9 Å².